The smallest absolute Gasteiger partial charge is 0.321 e. The summed E-state index contributed by atoms with van der Waals surface area (Å²) < 4.78 is 0.837. The first kappa shape index (κ1) is 24.7. The van der Waals surface area contributed by atoms with Gasteiger partial charge in [-0.25, -0.2) is 9.78 Å². The van der Waals surface area contributed by atoms with Crippen LogP contribution in [0, 0.1) is 26.2 Å². The summed E-state index contributed by atoms with van der Waals surface area (Å²) in [6.45, 7) is 16.5. The van der Waals surface area contributed by atoms with Gasteiger partial charge in [-0.1, -0.05) is 49.8 Å². The maximum absolute atomic E-state index is 12.9. The molecule has 0 unspecified atom stereocenters. The number of aromatic nitrogens is 1. The van der Waals surface area contributed by atoms with Crippen LogP contribution >= 0.6 is 11.3 Å². The van der Waals surface area contributed by atoms with Gasteiger partial charge in [0.25, 0.3) is 5.91 Å². The molecular weight excluding hydrogens is 432 g/mol. The van der Waals surface area contributed by atoms with Crippen LogP contribution in [0.25, 0.3) is 10.2 Å². The van der Waals surface area contributed by atoms with Crippen LogP contribution in [0.3, 0.4) is 0 Å². The molecule has 0 aliphatic carbocycles. The number of hydrogen-bond donors (Lipinski definition) is 3. The van der Waals surface area contributed by atoms with Gasteiger partial charge in [-0.05, 0) is 75.8 Å². The lowest BCUT2D eigenvalue weighted by Gasteiger charge is -2.33. The molecule has 33 heavy (non-hydrogen) atoms. The van der Waals surface area contributed by atoms with E-state index in [-0.39, 0.29) is 22.9 Å². The highest BCUT2D eigenvalue weighted by Gasteiger charge is 2.27. The zero-order chi connectivity index (χ0) is 24.6. The highest BCUT2D eigenvalue weighted by molar-refractivity contribution is 7.22. The largest absolute Gasteiger partial charge is 0.333 e. The summed E-state index contributed by atoms with van der Waals surface area (Å²) in [5.74, 6) is -0.170. The third-order valence-corrected chi connectivity index (χ3v) is 6.14. The van der Waals surface area contributed by atoms with Crippen molar-refractivity contribution in [2.24, 2.45) is 5.41 Å². The van der Waals surface area contributed by atoms with E-state index in [2.05, 4.69) is 53.8 Å². The lowest BCUT2D eigenvalue weighted by atomic mass is 9.82. The minimum atomic E-state index is -0.351. The van der Waals surface area contributed by atoms with E-state index in [0.717, 1.165) is 33.5 Å². The topological polar surface area (TPSA) is 83.1 Å². The second kappa shape index (κ2) is 9.14. The average Bonchev–Trinajstić information content (AvgIpc) is 3.02. The third kappa shape index (κ3) is 6.54. The minimum Gasteiger partial charge on any atom is -0.333 e. The van der Waals surface area contributed by atoms with Crippen molar-refractivity contribution in [1.82, 2.24) is 10.3 Å². The Balaban J connectivity index is 1.73. The van der Waals surface area contributed by atoms with E-state index in [9.17, 15) is 9.59 Å². The Kier molecular flexibility index (Phi) is 6.84. The van der Waals surface area contributed by atoms with Crippen molar-refractivity contribution < 1.29 is 9.59 Å². The SMILES string of the molecule is Cc1cc(C)c(NC(=O)c2ccc3nc(NC(=O)NC(C)(C)CC(C)(C)C)sc3c2)c(C)c1. The van der Waals surface area contributed by atoms with E-state index in [1.165, 1.54) is 16.9 Å². The number of nitrogens with zero attached hydrogens (tertiary/aromatic N) is 1. The van der Waals surface area contributed by atoms with Crippen LogP contribution in [-0.4, -0.2) is 22.5 Å². The van der Waals surface area contributed by atoms with E-state index in [1.807, 2.05) is 46.8 Å². The Morgan fingerprint density at radius 2 is 1.58 bits per heavy atom. The number of nitrogens with one attached hydrogen (secondary N) is 3. The van der Waals surface area contributed by atoms with Gasteiger partial charge < -0.3 is 10.6 Å². The number of fused-ring (bicyclic) bond motifs is 1. The minimum absolute atomic E-state index is 0.0965. The molecule has 3 rings (SSSR count). The van der Waals surface area contributed by atoms with Crippen LogP contribution in [0.2, 0.25) is 0 Å². The summed E-state index contributed by atoms with van der Waals surface area (Å²) in [6.07, 6.45) is 0.839. The molecule has 0 atom stereocenters. The summed E-state index contributed by atoms with van der Waals surface area (Å²) in [5.41, 5.74) is 5.11. The van der Waals surface area contributed by atoms with Gasteiger partial charge in [0.05, 0.1) is 10.2 Å². The summed E-state index contributed by atoms with van der Waals surface area (Å²) in [4.78, 5) is 29.9. The lowest BCUT2D eigenvalue weighted by molar-refractivity contribution is 0.102. The molecule has 3 N–H and O–H groups in total. The van der Waals surface area contributed by atoms with Gasteiger partial charge in [-0.15, -0.1) is 0 Å². The summed E-state index contributed by atoms with van der Waals surface area (Å²) in [5, 5.41) is 9.40. The fourth-order valence-corrected chi connectivity index (χ4v) is 5.39. The summed E-state index contributed by atoms with van der Waals surface area (Å²) in [7, 11) is 0. The Morgan fingerprint density at radius 3 is 2.18 bits per heavy atom. The number of thiazole rings is 1. The quantitative estimate of drug-likeness (QED) is 0.386. The number of carbonyl (C=O) groups is 2. The van der Waals surface area contributed by atoms with Gasteiger partial charge in [-0.2, -0.15) is 0 Å². The molecule has 3 aromatic rings. The maximum Gasteiger partial charge on any atom is 0.321 e. The zero-order valence-electron chi connectivity index (χ0n) is 20.8. The standard InChI is InChI=1S/C26H34N4O2S/c1-15-11-16(2)21(17(3)12-15)28-22(31)18-9-10-19-20(13-18)33-24(27-19)29-23(32)30-26(7,8)14-25(4,5)6/h9-13H,14H2,1-8H3,(H,28,31)(H2,27,29,30,32). The maximum atomic E-state index is 12.9. The second-order valence-electron chi connectivity index (χ2n) is 10.6. The molecule has 1 aromatic heterocycles. The number of carbonyl (C=O) groups excluding carboxylic acids is 2. The van der Waals surface area contributed by atoms with Crippen molar-refractivity contribution in [2.75, 3.05) is 10.6 Å². The Hall–Kier alpha value is -2.93. The van der Waals surface area contributed by atoms with Crippen LogP contribution in [0.5, 0.6) is 0 Å². The van der Waals surface area contributed by atoms with Crippen molar-refractivity contribution >= 4 is 44.3 Å². The first-order valence-electron chi connectivity index (χ1n) is 11.1. The molecule has 0 spiro atoms. The number of urea groups is 1. The average molecular weight is 467 g/mol. The third-order valence-electron chi connectivity index (χ3n) is 5.21. The highest BCUT2D eigenvalue weighted by atomic mass is 32.1. The molecule has 0 aliphatic rings. The molecule has 0 radical (unpaired) electrons. The van der Waals surface area contributed by atoms with Gasteiger partial charge in [0.2, 0.25) is 0 Å². The molecule has 7 heteroatoms. The first-order valence-corrected chi connectivity index (χ1v) is 11.9. The number of amides is 3. The van der Waals surface area contributed by atoms with Gasteiger partial charge in [0.15, 0.2) is 5.13 Å². The van der Waals surface area contributed by atoms with E-state index in [1.54, 1.807) is 6.07 Å². The van der Waals surface area contributed by atoms with E-state index < -0.39 is 0 Å². The van der Waals surface area contributed by atoms with Crippen molar-refractivity contribution in [2.45, 2.75) is 67.3 Å². The molecule has 1 heterocycles. The normalized spacial score (nSPS) is 12.0. The summed E-state index contributed by atoms with van der Waals surface area (Å²) >= 11 is 1.35. The molecular formula is C26H34N4O2S. The van der Waals surface area contributed by atoms with Gasteiger partial charge >= 0.3 is 6.03 Å². The molecule has 0 fully saturated rings. The predicted molar refractivity (Wildman–Crippen MR) is 139 cm³/mol. The van der Waals surface area contributed by atoms with Crippen LogP contribution in [0.15, 0.2) is 30.3 Å². The van der Waals surface area contributed by atoms with E-state index in [0.29, 0.717) is 10.7 Å². The molecule has 0 aliphatic heterocycles. The molecule has 2 aromatic carbocycles. The van der Waals surface area contributed by atoms with E-state index >= 15 is 0 Å². The van der Waals surface area contributed by atoms with E-state index in [4.69, 9.17) is 0 Å². The fourth-order valence-electron chi connectivity index (χ4n) is 4.49. The van der Waals surface area contributed by atoms with Crippen molar-refractivity contribution in [3.8, 4) is 0 Å². The number of rotatable bonds is 5. The van der Waals surface area contributed by atoms with Gasteiger partial charge in [0.1, 0.15) is 0 Å². The van der Waals surface area contributed by atoms with Gasteiger partial charge in [-0.3, -0.25) is 10.1 Å². The lowest BCUT2D eigenvalue weighted by Crippen LogP contribution is -2.47. The highest BCUT2D eigenvalue weighted by Crippen LogP contribution is 2.29. The molecule has 0 bridgehead atoms. The zero-order valence-corrected chi connectivity index (χ0v) is 21.6. The van der Waals surface area contributed by atoms with Crippen LogP contribution < -0.4 is 16.0 Å². The Bertz CT molecular complexity index is 1180. The molecule has 176 valence electrons. The van der Waals surface area contributed by atoms with Crippen LogP contribution in [-0.2, 0) is 0 Å². The number of aryl methyl sites for hydroxylation is 3. The van der Waals surface area contributed by atoms with Crippen molar-refractivity contribution in [3.05, 3.63) is 52.6 Å². The number of anilines is 2. The Morgan fingerprint density at radius 1 is 0.939 bits per heavy atom. The fraction of sp³-hybridized carbons (Fsp3) is 0.423. The Labute approximate surface area is 200 Å². The second-order valence-corrected chi connectivity index (χ2v) is 11.7. The summed E-state index contributed by atoms with van der Waals surface area (Å²) in [6, 6.07) is 9.20. The molecule has 3 amide bonds. The number of hydrogen-bond acceptors (Lipinski definition) is 4. The van der Waals surface area contributed by atoms with Crippen LogP contribution in [0.4, 0.5) is 15.6 Å². The monoisotopic (exact) mass is 466 g/mol. The van der Waals surface area contributed by atoms with Gasteiger partial charge in [0, 0.05) is 16.8 Å². The number of benzene rings is 2. The predicted octanol–water partition coefficient (Wildman–Crippen LogP) is 6.81. The molecule has 6 nitrogen and oxygen atoms in total. The van der Waals surface area contributed by atoms with Crippen LogP contribution in [0.1, 0.15) is 68.1 Å². The first-order chi connectivity index (χ1) is 15.2. The van der Waals surface area contributed by atoms with Crippen molar-refractivity contribution in [1.29, 1.82) is 0 Å². The molecule has 0 saturated heterocycles. The van der Waals surface area contributed by atoms with Crippen molar-refractivity contribution in [3.63, 3.8) is 0 Å². The molecule has 0 saturated carbocycles.